The first-order valence-corrected chi connectivity index (χ1v) is 13.2. The van der Waals surface area contributed by atoms with Crippen LogP contribution in [0.3, 0.4) is 0 Å². The molecule has 9 nitrogen and oxygen atoms in total. The molecule has 0 saturated carbocycles. The van der Waals surface area contributed by atoms with Crippen molar-refractivity contribution in [2.45, 2.75) is 32.2 Å². The summed E-state index contributed by atoms with van der Waals surface area (Å²) < 4.78 is 26.4. The molecular formula is C18H37IN6O3S2. The lowest BCUT2D eigenvalue weighted by Gasteiger charge is -2.32. The molecule has 2 saturated heterocycles. The maximum atomic E-state index is 12.4. The van der Waals surface area contributed by atoms with E-state index in [-0.39, 0.29) is 41.7 Å². The fourth-order valence-electron chi connectivity index (χ4n) is 3.40. The quantitative estimate of drug-likeness (QED) is 0.204. The van der Waals surface area contributed by atoms with Crippen LogP contribution in [0.2, 0.25) is 0 Å². The predicted octanol–water partition coefficient (Wildman–Crippen LogP) is 0.139. The van der Waals surface area contributed by atoms with E-state index < -0.39 is 10.0 Å². The van der Waals surface area contributed by atoms with Gasteiger partial charge in [0.15, 0.2) is 5.96 Å². The summed E-state index contributed by atoms with van der Waals surface area (Å²) in [5.41, 5.74) is 0. The number of aliphatic imine (C=N–C) groups is 1. The zero-order chi connectivity index (χ0) is 21.1. The summed E-state index contributed by atoms with van der Waals surface area (Å²) in [6.45, 7) is 6.48. The topological polar surface area (TPSA) is 106 Å². The van der Waals surface area contributed by atoms with Gasteiger partial charge in [0.25, 0.3) is 0 Å². The zero-order valence-corrected chi connectivity index (χ0v) is 22.0. The smallest absolute Gasteiger partial charge is 0.234 e. The van der Waals surface area contributed by atoms with E-state index in [9.17, 15) is 13.2 Å². The Bertz CT molecular complexity index is 636. The maximum Gasteiger partial charge on any atom is 0.234 e. The Morgan fingerprint density at radius 3 is 2.37 bits per heavy atom. The van der Waals surface area contributed by atoms with E-state index in [2.05, 4.69) is 25.8 Å². The third kappa shape index (κ3) is 9.88. The highest BCUT2D eigenvalue weighted by molar-refractivity contribution is 14.0. The number of thioether (sulfide) groups is 1. The maximum absolute atomic E-state index is 12.4. The minimum absolute atomic E-state index is 0. The molecule has 2 aliphatic heterocycles. The van der Waals surface area contributed by atoms with Crippen molar-refractivity contribution in [2.75, 3.05) is 70.1 Å². The van der Waals surface area contributed by atoms with Gasteiger partial charge in [0, 0.05) is 63.9 Å². The van der Waals surface area contributed by atoms with Gasteiger partial charge in [0.1, 0.15) is 0 Å². The molecule has 0 aromatic rings. The molecule has 30 heavy (non-hydrogen) atoms. The summed E-state index contributed by atoms with van der Waals surface area (Å²) in [5, 5.41) is 9.42. The first kappa shape index (κ1) is 27.7. The molecule has 0 aromatic heterocycles. The number of nitrogens with zero attached hydrogens (tertiary/aromatic N) is 3. The number of halogens is 1. The lowest BCUT2D eigenvalue weighted by atomic mass is 10.1. The largest absolute Gasteiger partial charge is 0.355 e. The molecule has 2 fully saturated rings. The van der Waals surface area contributed by atoms with Gasteiger partial charge in [0.05, 0.1) is 12.3 Å². The molecule has 2 aliphatic rings. The number of guanidine groups is 1. The lowest BCUT2D eigenvalue weighted by molar-refractivity contribution is -0.122. The molecule has 0 unspecified atom stereocenters. The van der Waals surface area contributed by atoms with Gasteiger partial charge >= 0.3 is 0 Å². The van der Waals surface area contributed by atoms with Gasteiger partial charge in [-0.3, -0.25) is 14.7 Å². The summed E-state index contributed by atoms with van der Waals surface area (Å²) >= 11 is 1.80. The first-order valence-electron chi connectivity index (χ1n) is 10.5. The predicted molar refractivity (Wildman–Crippen MR) is 135 cm³/mol. The molecule has 2 rings (SSSR count). The Kier molecular flexibility index (Phi) is 13.6. The van der Waals surface area contributed by atoms with Gasteiger partial charge in [-0.05, 0) is 19.3 Å². The SMILES string of the molecule is CCCNC(=O)CN1CCC(NC(=NC)NCCS(=O)(=O)N2CCSCC2)CC1.I. The average molecular weight is 577 g/mol. The molecule has 176 valence electrons. The Morgan fingerprint density at radius 1 is 1.10 bits per heavy atom. The number of rotatable bonds is 9. The van der Waals surface area contributed by atoms with Gasteiger partial charge in [-0.2, -0.15) is 11.8 Å². The fraction of sp³-hybridized carbons (Fsp3) is 0.889. The first-order chi connectivity index (χ1) is 13.9. The van der Waals surface area contributed by atoms with Gasteiger partial charge < -0.3 is 16.0 Å². The molecule has 0 radical (unpaired) electrons. The van der Waals surface area contributed by atoms with E-state index >= 15 is 0 Å². The third-order valence-corrected chi connectivity index (χ3v) is 7.92. The van der Waals surface area contributed by atoms with Gasteiger partial charge in [-0.15, -0.1) is 24.0 Å². The number of likely N-dealkylation sites (tertiary alicyclic amines) is 1. The number of sulfonamides is 1. The Balaban J connectivity index is 0.00000450. The third-order valence-electron chi connectivity index (χ3n) is 5.11. The van der Waals surface area contributed by atoms with Gasteiger partial charge in [0.2, 0.25) is 15.9 Å². The van der Waals surface area contributed by atoms with Crippen LogP contribution in [0.1, 0.15) is 26.2 Å². The molecule has 12 heteroatoms. The monoisotopic (exact) mass is 576 g/mol. The fourth-order valence-corrected chi connectivity index (χ4v) is 5.89. The van der Waals surface area contributed by atoms with Crippen molar-refractivity contribution < 1.29 is 13.2 Å². The summed E-state index contributed by atoms with van der Waals surface area (Å²) in [7, 11) is -1.52. The minimum atomic E-state index is -3.22. The molecule has 0 atom stereocenters. The van der Waals surface area contributed by atoms with Gasteiger partial charge in [-0.1, -0.05) is 6.92 Å². The van der Waals surface area contributed by atoms with Crippen LogP contribution >= 0.6 is 35.7 Å². The molecular weight excluding hydrogens is 539 g/mol. The molecule has 0 aromatic carbocycles. The number of hydrogen-bond donors (Lipinski definition) is 3. The van der Waals surface area contributed by atoms with E-state index in [0.717, 1.165) is 50.4 Å². The van der Waals surface area contributed by atoms with E-state index in [1.807, 2.05) is 6.92 Å². The normalized spacial score (nSPS) is 19.7. The standard InChI is InChI=1S/C18H36N6O3S2.HI/c1-3-6-20-17(25)15-23-8-4-16(5-9-23)22-18(19-2)21-7-14-29(26,27)24-10-12-28-13-11-24;/h16H,3-15H2,1-2H3,(H,20,25)(H2,19,21,22);1H. The highest BCUT2D eigenvalue weighted by Crippen LogP contribution is 2.13. The Labute approximate surface area is 202 Å². The molecule has 3 N–H and O–H groups in total. The second-order valence-corrected chi connectivity index (χ2v) is 10.7. The van der Waals surface area contributed by atoms with E-state index in [4.69, 9.17) is 0 Å². The van der Waals surface area contributed by atoms with Crippen molar-refractivity contribution in [1.82, 2.24) is 25.2 Å². The highest BCUT2D eigenvalue weighted by Gasteiger charge is 2.24. The van der Waals surface area contributed by atoms with Crippen LogP contribution in [0.4, 0.5) is 0 Å². The van der Waals surface area contributed by atoms with Crippen molar-refractivity contribution in [3.05, 3.63) is 0 Å². The van der Waals surface area contributed by atoms with Crippen molar-refractivity contribution >= 4 is 57.6 Å². The van der Waals surface area contributed by atoms with Crippen LogP contribution in [-0.4, -0.2) is 106 Å². The van der Waals surface area contributed by atoms with Crippen molar-refractivity contribution in [2.24, 2.45) is 4.99 Å². The molecule has 0 bridgehead atoms. The van der Waals surface area contributed by atoms with Crippen LogP contribution < -0.4 is 16.0 Å². The highest BCUT2D eigenvalue weighted by atomic mass is 127. The number of carbonyl (C=O) groups is 1. The van der Waals surface area contributed by atoms with Crippen molar-refractivity contribution in [3.63, 3.8) is 0 Å². The minimum Gasteiger partial charge on any atom is -0.355 e. The lowest BCUT2D eigenvalue weighted by Crippen LogP contribution is -2.51. The molecule has 1 amide bonds. The summed E-state index contributed by atoms with van der Waals surface area (Å²) in [6.07, 6.45) is 2.79. The van der Waals surface area contributed by atoms with Crippen LogP contribution in [0, 0.1) is 0 Å². The van der Waals surface area contributed by atoms with Crippen LogP contribution in [-0.2, 0) is 14.8 Å². The number of carbonyl (C=O) groups excluding carboxylic acids is 1. The second-order valence-electron chi connectivity index (χ2n) is 7.37. The number of piperidine rings is 1. The summed E-state index contributed by atoms with van der Waals surface area (Å²) in [4.78, 5) is 18.2. The molecule has 0 spiro atoms. The Hall–Kier alpha value is -0.310. The number of hydrogen-bond acceptors (Lipinski definition) is 6. The van der Waals surface area contributed by atoms with Gasteiger partial charge in [-0.25, -0.2) is 12.7 Å². The Morgan fingerprint density at radius 2 is 1.77 bits per heavy atom. The van der Waals surface area contributed by atoms with E-state index in [1.54, 1.807) is 23.1 Å². The van der Waals surface area contributed by atoms with Crippen molar-refractivity contribution in [3.8, 4) is 0 Å². The zero-order valence-electron chi connectivity index (χ0n) is 18.1. The number of nitrogens with one attached hydrogen (secondary N) is 3. The van der Waals surface area contributed by atoms with Crippen LogP contribution in [0.15, 0.2) is 4.99 Å². The van der Waals surface area contributed by atoms with E-state index in [0.29, 0.717) is 32.1 Å². The summed E-state index contributed by atoms with van der Waals surface area (Å²) in [6, 6.07) is 0.270. The van der Waals surface area contributed by atoms with Crippen molar-refractivity contribution in [1.29, 1.82) is 0 Å². The van der Waals surface area contributed by atoms with Crippen LogP contribution in [0.25, 0.3) is 0 Å². The molecule has 0 aliphatic carbocycles. The second kappa shape index (κ2) is 14.7. The number of amides is 1. The summed E-state index contributed by atoms with van der Waals surface area (Å²) in [5.74, 6) is 2.53. The van der Waals surface area contributed by atoms with E-state index in [1.165, 1.54) is 0 Å². The average Bonchev–Trinajstić information content (AvgIpc) is 2.73. The van der Waals surface area contributed by atoms with Crippen LogP contribution in [0.5, 0.6) is 0 Å². The molecule has 2 heterocycles.